The van der Waals surface area contributed by atoms with E-state index in [0.717, 1.165) is 22.8 Å². The molecule has 2 heterocycles. The van der Waals surface area contributed by atoms with Gasteiger partial charge in [0.25, 0.3) is 5.91 Å². The number of carbonyl (C=O) groups excluding carboxylic acids is 1. The van der Waals surface area contributed by atoms with Crippen molar-refractivity contribution in [2.24, 2.45) is 0 Å². The Labute approximate surface area is 117 Å². The molecular weight excluding hydrogens is 256 g/mol. The third-order valence-electron chi connectivity index (χ3n) is 3.35. The molecule has 0 aliphatic heterocycles. The molecule has 2 aromatic heterocycles. The summed E-state index contributed by atoms with van der Waals surface area (Å²) in [4.78, 5) is 12.2. The minimum atomic E-state index is -0.288. The van der Waals surface area contributed by atoms with Crippen molar-refractivity contribution in [1.29, 1.82) is 0 Å². The molecule has 2 rings (SSSR count). The van der Waals surface area contributed by atoms with E-state index < -0.39 is 0 Å². The van der Waals surface area contributed by atoms with Crippen LogP contribution in [0.25, 0.3) is 0 Å². The fourth-order valence-electron chi connectivity index (χ4n) is 2.25. The summed E-state index contributed by atoms with van der Waals surface area (Å²) in [6.45, 7) is 7.61. The summed E-state index contributed by atoms with van der Waals surface area (Å²) >= 11 is 0. The normalized spacial score (nSPS) is 12.4. The summed E-state index contributed by atoms with van der Waals surface area (Å²) in [6.07, 6.45) is 0.710. The van der Waals surface area contributed by atoms with Crippen molar-refractivity contribution in [2.75, 3.05) is 5.73 Å². The lowest BCUT2D eigenvalue weighted by molar-refractivity contribution is 0.0935. The standard InChI is InChI=1S/C14H20N4O2/c1-5-11-12(15)13(18-17-11)14(19)16-8(3)10-6-7(2)20-9(10)4/h6,8H,5,15H2,1-4H3,(H,16,19)(H,17,18). The number of aryl methyl sites for hydroxylation is 3. The van der Waals surface area contributed by atoms with E-state index in [-0.39, 0.29) is 17.6 Å². The number of nitrogens with one attached hydrogen (secondary N) is 2. The summed E-state index contributed by atoms with van der Waals surface area (Å²) in [7, 11) is 0. The Morgan fingerprint density at radius 1 is 1.55 bits per heavy atom. The Kier molecular flexibility index (Phi) is 3.83. The summed E-state index contributed by atoms with van der Waals surface area (Å²) in [5.41, 5.74) is 8.28. The summed E-state index contributed by atoms with van der Waals surface area (Å²) < 4.78 is 5.47. The van der Waals surface area contributed by atoms with Gasteiger partial charge in [-0.3, -0.25) is 9.89 Å². The van der Waals surface area contributed by atoms with E-state index in [2.05, 4.69) is 15.5 Å². The number of nitrogen functional groups attached to an aromatic ring is 1. The molecule has 0 radical (unpaired) electrons. The van der Waals surface area contributed by atoms with Gasteiger partial charge in [0.2, 0.25) is 0 Å². The number of rotatable bonds is 4. The van der Waals surface area contributed by atoms with Crippen molar-refractivity contribution in [3.8, 4) is 0 Å². The number of hydrogen-bond donors (Lipinski definition) is 3. The van der Waals surface area contributed by atoms with Gasteiger partial charge in [-0.15, -0.1) is 0 Å². The van der Waals surface area contributed by atoms with Gasteiger partial charge in [0.1, 0.15) is 11.5 Å². The number of H-pyrrole nitrogens is 1. The van der Waals surface area contributed by atoms with Crippen LogP contribution in [0.5, 0.6) is 0 Å². The average molecular weight is 276 g/mol. The fraction of sp³-hybridized carbons (Fsp3) is 0.429. The SMILES string of the molecule is CCc1[nH]nc(C(=O)NC(C)c2cc(C)oc2C)c1N. The number of nitrogens with zero attached hydrogens (tertiary/aromatic N) is 1. The van der Waals surface area contributed by atoms with Crippen LogP contribution in [0.2, 0.25) is 0 Å². The lowest BCUT2D eigenvalue weighted by Gasteiger charge is -2.12. The molecule has 0 aromatic carbocycles. The Morgan fingerprint density at radius 3 is 2.75 bits per heavy atom. The Bertz CT molecular complexity index is 627. The van der Waals surface area contributed by atoms with E-state index in [1.165, 1.54) is 0 Å². The number of amides is 1. The third kappa shape index (κ3) is 2.54. The summed E-state index contributed by atoms with van der Waals surface area (Å²) in [5.74, 6) is 1.34. The van der Waals surface area contributed by atoms with E-state index in [4.69, 9.17) is 10.2 Å². The zero-order valence-corrected chi connectivity index (χ0v) is 12.2. The number of carbonyl (C=O) groups is 1. The van der Waals surface area contributed by atoms with E-state index in [0.29, 0.717) is 12.1 Å². The third-order valence-corrected chi connectivity index (χ3v) is 3.35. The predicted octanol–water partition coefficient (Wildman–Crippen LogP) is 2.26. The van der Waals surface area contributed by atoms with Crippen LogP contribution in [0.15, 0.2) is 10.5 Å². The second kappa shape index (κ2) is 5.40. The van der Waals surface area contributed by atoms with Crippen LogP contribution in [0.3, 0.4) is 0 Å². The van der Waals surface area contributed by atoms with Crippen LogP contribution >= 0.6 is 0 Å². The van der Waals surface area contributed by atoms with Crippen LogP contribution in [0.1, 0.15) is 53.2 Å². The van der Waals surface area contributed by atoms with E-state index in [1.807, 2.05) is 33.8 Å². The quantitative estimate of drug-likeness (QED) is 0.797. The molecule has 0 saturated heterocycles. The van der Waals surface area contributed by atoms with Crippen LogP contribution < -0.4 is 11.1 Å². The molecule has 4 N–H and O–H groups in total. The molecular formula is C14H20N4O2. The number of aromatic nitrogens is 2. The molecule has 2 aromatic rings. The minimum absolute atomic E-state index is 0.166. The second-order valence-corrected chi connectivity index (χ2v) is 4.88. The highest BCUT2D eigenvalue weighted by atomic mass is 16.3. The van der Waals surface area contributed by atoms with Crippen LogP contribution in [-0.4, -0.2) is 16.1 Å². The molecule has 0 fully saturated rings. The number of aromatic amines is 1. The van der Waals surface area contributed by atoms with Gasteiger partial charge < -0.3 is 15.5 Å². The first kappa shape index (κ1) is 14.2. The number of hydrogen-bond acceptors (Lipinski definition) is 4. The van der Waals surface area contributed by atoms with Crippen molar-refractivity contribution in [2.45, 2.75) is 40.2 Å². The molecule has 0 aliphatic carbocycles. The van der Waals surface area contributed by atoms with Crippen LogP contribution in [-0.2, 0) is 6.42 Å². The smallest absolute Gasteiger partial charge is 0.274 e. The van der Waals surface area contributed by atoms with Gasteiger partial charge in [0, 0.05) is 5.56 Å². The zero-order chi connectivity index (χ0) is 14.9. The molecule has 20 heavy (non-hydrogen) atoms. The number of anilines is 1. The fourth-order valence-corrected chi connectivity index (χ4v) is 2.25. The first-order chi connectivity index (χ1) is 9.43. The van der Waals surface area contributed by atoms with E-state index >= 15 is 0 Å². The van der Waals surface area contributed by atoms with Crippen molar-refractivity contribution in [3.63, 3.8) is 0 Å². The van der Waals surface area contributed by atoms with Gasteiger partial charge in [-0.25, -0.2) is 0 Å². The lowest BCUT2D eigenvalue weighted by Crippen LogP contribution is -2.27. The van der Waals surface area contributed by atoms with Crippen LogP contribution in [0.4, 0.5) is 5.69 Å². The molecule has 0 spiro atoms. The van der Waals surface area contributed by atoms with Gasteiger partial charge in [-0.2, -0.15) is 5.10 Å². The Hall–Kier alpha value is -2.24. The van der Waals surface area contributed by atoms with Gasteiger partial charge >= 0.3 is 0 Å². The first-order valence-electron chi connectivity index (χ1n) is 6.64. The van der Waals surface area contributed by atoms with Crippen molar-refractivity contribution in [1.82, 2.24) is 15.5 Å². The predicted molar refractivity (Wildman–Crippen MR) is 76.4 cm³/mol. The molecule has 1 amide bonds. The molecule has 6 heteroatoms. The second-order valence-electron chi connectivity index (χ2n) is 4.88. The molecule has 0 bridgehead atoms. The largest absolute Gasteiger partial charge is 0.466 e. The van der Waals surface area contributed by atoms with Crippen molar-refractivity contribution < 1.29 is 9.21 Å². The topological polar surface area (TPSA) is 96.9 Å². The zero-order valence-electron chi connectivity index (χ0n) is 12.2. The summed E-state index contributed by atoms with van der Waals surface area (Å²) in [6, 6.07) is 1.76. The molecule has 0 aliphatic rings. The van der Waals surface area contributed by atoms with Crippen molar-refractivity contribution in [3.05, 3.63) is 34.5 Å². The van der Waals surface area contributed by atoms with E-state index in [1.54, 1.807) is 0 Å². The first-order valence-corrected chi connectivity index (χ1v) is 6.64. The Balaban J connectivity index is 2.15. The van der Waals surface area contributed by atoms with Gasteiger partial charge in [-0.1, -0.05) is 6.92 Å². The highest BCUT2D eigenvalue weighted by molar-refractivity contribution is 5.97. The maximum atomic E-state index is 12.2. The highest BCUT2D eigenvalue weighted by Gasteiger charge is 2.20. The lowest BCUT2D eigenvalue weighted by atomic mass is 10.1. The Morgan fingerprint density at radius 2 is 2.25 bits per heavy atom. The average Bonchev–Trinajstić information content (AvgIpc) is 2.91. The van der Waals surface area contributed by atoms with Crippen LogP contribution in [0, 0.1) is 13.8 Å². The number of furan rings is 1. The highest BCUT2D eigenvalue weighted by Crippen LogP contribution is 2.22. The molecule has 0 saturated carbocycles. The van der Waals surface area contributed by atoms with E-state index in [9.17, 15) is 4.79 Å². The monoisotopic (exact) mass is 276 g/mol. The number of nitrogens with two attached hydrogens (primary N) is 1. The molecule has 108 valence electrons. The maximum absolute atomic E-state index is 12.2. The molecule has 1 atom stereocenters. The minimum Gasteiger partial charge on any atom is -0.466 e. The summed E-state index contributed by atoms with van der Waals surface area (Å²) in [5, 5.41) is 9.64. The van der Waals surface area contributed by atoms with Gasteiger partial charge in [0.05, 0.1) is 17.4 Å². The van der Waals surface area contributed by atoms with Gasteiger partial charge in [0.15, 0.2) is 5.69 Å². The van der Waals surface area contributed by atoms with Gasteiger partial charge in [-0.05, 0) is 33.3 Å². The molecule has 1 unspecified atom stereocenters. The van der Waals surface area contributed by atoms with Crippen molar-refractivity contribution >= 4 is 11.6 Å². The maximum Gasteiger partial charge on any atom is 0.274 e. The molecule has 6 nitrogen and oxygen atoms in total.